The molecule has 0 spiro atoms. The molecule has 2 rings (SSSR count). The van der Waals surface area contributed by atoms with Crippen LogP contribution in [-0.4, -0.2) is 31.8 Å². The van der Waals surface area contributed by atoms with E-state index < -0.39 is 5.97 Å². The topological polar surface area (TPSA) is 81.8 Å². The van der Waals surface area contributed by atoms with Crippen molar-refractivity contribution in [2.45, 2.75) is 24.7 Å². The number of methoxy groups -OCH3 is 2. The van der Waals surface area contributed by atoms with Crippen LogP contribution in [0, 0.1) is 0 Å². The molecule has 3 N–H and O–H groups in total. The lowest BCUT2D eigenvalue weighted by atomic mass is 9.64. The Labute approximate surface area is 112 Å². The third kappa shape index (κ3) is 2.14. The Bertz CT molecular complexity index is 489. The highest BCUT2D eigenvalue weighted by atomic mass is 16.5. The minimum atomic E-state index is -0.978. The molecular formula is C14H19NO4. The van der Waals surface area contributed by atoms with Gasteiger partial charge in [-0.05, 0) is 25.0 Å². The molecule has 0 unspecified atom stereocenters. The summed E-state index contributed by atoms with van der Waals surface area (Å²) in [6.45, 7) is 0.482. The van der Waals surface area contributed by atoms with Crippen LogP contribution in [-0.2, 0) is 5.41 Å². The Morgan fingerprint density at radius 2 is 2.05 bits per heavy atom. The van der Waals surface area contributed by atoms with Gasteiger partial charge >= 0.3 is 5.97 Å². The van der Waals surface area contributed by atoms with Crippen molar-refractivity contribution in [3.8, 4) is 11.5 Å². The number of rotatable bonds is 5. The second kappa shape index (κ2) is 5.09. The Kier molecular flexibility index (Phi) is 3.66. The minimum Gasteiger partial charge on any atom is -0.493 e. The predicted octanol–water partition coefficient (Wildman–Crippen LogP) is 1.78. The lowest BCUT2D eigenvalue weighted by molar-refractivity contribution is 0.0696. The van der Waals surface area contributed by atoms with Crippen molar-refractivity contribution in [2.75, 3.05) is 20.8 Å². The first-order valence-corrected chi connectivity index (χ1v) is 6.28. The molecule has 0 aliphatic heterocycles. The molecule has 1 aromatic carbocycles. The normalized spacial score (nSPS) is 16.6. The first-order valence-electron chi connectivity index (χ1n) is 6.28. The summed E-state index contributed by atoms with van der Waals surface area (Å²) < 4.78 is 10.7. The second-order valence-electron chi connectivity index (χ2n) is 4.90. The van der Waals surface area contributed by atoms with Crippen molar-refractivity contribution in [3.63, 3.8) is 0 Å². The van der Waals surface area contributed by atoms with Crippen molar-refractivity contribution < 1.29 is 19.4 Å². The van der Waals surface area contributed by atoms with Crippen LogP contribution in [0.3, 0.4) is 0 Å². The molecule has 0 radical (unpaired) electrons. The average molecular weight is 265 g/mol. The van der Waals surface area contributed by atoms with Gasteiger partial charge in [-0.15, -0.1) is 0 Å². The third-order valence-corrected chi connectivity index (χ3v) is 4.00. The van der Waals surface area contributed by atoms with E-state index in [1.54, 1.807) is 13.2 Å². The number of hydrogen-bond donors (Lipinski definition) is 2. The highest BCUT2D eigenvalue weighted by molar-refractivity contribution is 5.89. The lowest BCUT2D eigenvalue weighted by Crippen LogP contribution is -2.42. The van der Waals surface area contributed by atoms with Crippen LogP contribution in [0.5, 0.6) is 11.5 Å². The maximum absolute atomic E-state index is 11.2. The van der Waals surface area contributed by atoms with Crippen molar-refractivity contribution in [1.82, 2.24) is 0 Å². The summed E-state index contributed by atoms with van der Waals surface area (Å²) in [5, 5.41) is 9.19. The molecule has 0 aromatic heterocycles. The summed E-state index contributed by atoms with van der Waals surface area (Å²) in [5.41, 5.74) is 6.77. The average Bonchev–Trinajstić information content (AvgIpc) is 2.37. The molecule has 5 heteroatoms. The molecule has 0 bridgehead atoms. The van der Waals surface area contributed by atoms with E-state index in [9.17, 15) is 9.90 Å². The van der Waals surface area contributed by atoms with Crippen molar-refractivity contribution in [1.29, 1.82) is 0 Å². The van der Waals surface area contributed by atoms with E-state index in [0.717, 1.165) is 24.8 Å². The molecule has 5 nitrogen and oxygen atoms in total. The summed E-state index contributed by atoms with van der Waals surface area (Å²) >= 11 is 0. The van der Waals surface area contributed by atoms with Gasteiger partial charge in [-0.3, -0.25) is 0 Å². The maximum Gasteiger partial charge on any atom is 0.335 e. The summed E-state index contributed by atoms with van der Waals surface area (Å²) in [7, 11) is 3.06. The summed E-state index contributed by atoms with van der Waals surface area (Å²) in [6, 6.07) is 3.14. The van der Waals surface area contributed by atoms with E-state index in [4.69, 9.17) is 15.2 Å². The van der Waals surface area contributed by atoms with Crippen molar-refractivity contribution >= 4 is 5.97 Å². The molecule has 0 amide bonds. The number of nitrogens with two attached hydrogens (primary N) is 1. The zero-order chi connectivity index (χ0) is 14.0. The van der Waals surface area contributed by atoms with Gasteiger partial charge in [0.2, 0.25) is 0 Å². The number of carboxylic acid groups (broad SMARTS) is 1. The third-order valence-electron chi connectivity index (χ3n) is 4.00. The van der Waals surface area contributed by atoms with E-state index in [-0.39, 0.29) is 11.0 Å². The van der Waals surface area contributed by atoms with Crippen LogP contribution in [0.4, 0.5) is 0 Å². The smallest absolute Gasteiger partial charge is 0.335 e. The number of benzene rings is 1. The minimum absolute atomic E-state index is 0.177. The van der Waals surface area contributed by atoms with Crippen molar-refractivity contribution in [2.24, 2.45) is 5.73 Å². The van der Waals surface area contributed by atoms with E-state index in [1.165, 1.54) is 13.2 Å². The van der Waals surface area contributed by atoms with Crippen LogP contribution >= 0.6 is 0 Å². The number of aromatic carboxylic acids is 1. The molecule has 1 aliphatic carbocycles. The molecule has 1 aliphatic rings. The van der Waals surface area contributed by atoms with Gasteiger partial charge in [0.25, 0.3) is 0 Å². The fourth-order valence-corrected chi connectivity index (χ4v) is 2.67. The molecule has 1 fully saturated rings. The van der Waals surface area contributed by atoms with Crippen LogP contribution in [0.15, 0.2) is 12.1 Å². The number of ether oxygens (including phenoxy) is 2. The highest BCUT2D eigenvalue weighted by Crippen LogP contribution is 2.49. The molecule has 0 atom stereocenters. The SMILES string of the molecule is COc1cc(C(=O)O)cc(C2(CN)CCC2)c1OC. The Morgan fingerprint density at radius 3 is 2.42 bits per heavy atom. The van der Waals surface area contributed by atoms with E-state index in [2.05, 4.69) is 0 Å². The summed E-state index contributed by atoms with van der Waals surface area (Å²) in [6.07, 6.45) is 3.00. The Balaban J connectivity index is 2.62. The maximum atomic E-state index is 11.2. The number of hydrogen-bond acceptors (Lipinski definition) is 4. The molecule has 0 saturated heterocycles. The Hall–Kier alpha value is -1.75. The van der Waals surface area contributed by atoms with Crippen LogP contribution in [0.2, 0.25) is 0 Å². The Morgan fingerprint density at radius 1 is 1.37 bits per heavy atom. The van der Waals surface area contributed by atoms with Crippen LogP contribution < -0.4 is 15.2 Å². The summed E-state index contributed by atoms with van der Waals surface area (Å²) in [5.74, 6) is 0.0588. The molecular weight excluding hydrogens is 246 g/mol. The summed E-state index contributed by atoms with van der Waals surface area (Å²) in [4.78, 5) is 11.2. The molecule has 104 valence electrons. The largest absolute Gasteiger partial charge is 0.493 e. The van der Waals surface area contributed by atoms with E-state index >= 15 is 0 Å². The molecule has 1 saturated carbocycles. The van der Waals surface area contributed by atoms with Gasteiger partial charge in [0.1, 0.15) is 0 Å². The first kappa shape index (κ1) is 13.7. The monoisotopic (exact) mass is 265 g/mol. The van der Waals surface area contributed by atoms with Gasteiger partial charge in [-0.1, -0.05) is 6.42 Å². The zero-order valence-electron chi connectivity index (χ0n) is 11.2. The fourth-order valence-electron chi connectivity index (χ4n) is 2.67. The van der Waals surface area contributed by atoms with Gasteiger partial charge < -0.3 is 20.3 Å². The van der Waals surface area contributed by atoms with Crippen molar-refractivity contribution in [3.05, 3.63) is 23.3 Å². The van der Waals surface area contributed by atoms with Crippen LogP contribution in [0.25, 0.3) is 0 Å². The molecule has 0 heterocycles. The second-order valence-corrected chi connectivity index (χ2v) is 4.90. The quantitative estimate of drug-likeness (QED) is 0.848. The van der Waals surface area contributed by atoms with Gasteiger partial charge in [-0.2, -0.15) is 0 Å². The van der Waals surface area contributed by atoms with Crippen LogP contribution in [0.1, 0.15) is 35.2 Å². The standard InChI is InChI=1S/C14H19NO4/c1-18-11-7-9(13(16)17)6-10(12(11)19-2)14(8-15)4-3-5-14/h6-7H,3-5,8,15H2,1-2H3,(H,16,17). The highest BCUT2D eigenvalue weighted by Gasteiger charge is 2.40. The van der Waals surface area contributed by atoms with Gasteiger partial charge in [0.05, 0.1) is 19.8 Å². The van der Waals surface area contributed by atoms with E-state index in [1.807, 2.05) is 0 Å². The molecule has 19 heavy (non-hydrogen) atoms. The number of carbonyl (C=O) groups is 1. The molecule has 1 aromatic rings. The van der Waals surface area contributed by atoms with E-state index in [0.29, 0.717) is 18.0 Å². The lowest BCUT2D eigenvalue weighted by Gasteiger charge is -2.42. The van der Waals surface area contributed by atoms with Gasteiger partial charge in [0.15, 0.2) is 11.5 Å². The fraction of sp³-hybridized carbons (Fsp3) is 0.500. The zero-order valence-corrected chi connectivity index (χ0v) is 11.2. The number of carboxylic acids is 1. The first-order chi connectivity index (χ1) is 9.07. The van der Waals surface area contributed by atoms with Gasteiger partial charge in [0, 0.05) is 17.5 Å². The van der Waals surface area contributed by atoms with Gasteiger partial charge in [-0.25, -0.2) is 4.79 Å². The predicted molar refractivity (Wildman–Crippen MR) is 71.1 cm³/mol.